The van der Waals surface area contributed by atoms with E-state index in [1.807, 2.05) is 24.3 Å². The predicted molar refractivity (Wildman–Crippen MR) is 86.3 cm³/mol. The molecule has 2 aromatic rings. The summed E-state index contributed by atoms with van der Waals surface area (Å²) in [5.41, 5.74) is 1.94. The molecule has 0 aliphatic carbocycles. The lowest BCUT2D eigenvalue weighted by Gasteiger charge is -2.13. The van der Waals surface area contributed by atoms with E-state index in [-0.39, 0.29) is 0 Å². The number of ether oxygens (including phenoxy) is 2. The summed E-state index contributed by atoms with van der Waals surface area (Å²) in [4.78, 5) is 4.09. The van der Waals surface area contributed by atoms with E-state index in [0.717, 1.165) is 33.6 Å². The van der Waals surface area contributed by atoms with Gasteiger partial charge in [0.15, 0.2) is 11.5 Å². The monoisotopic (exact) mass is 368 g/mol. The van der Waals surface area contributed by atoms with Gasteiger partial charge in [0.25, 0.3) is 0 Å². The Kier molecular flexibility index (Phi) is 4.51. The maximum atomic E-state index is 5.89. The number of hydrogen-bond donors (Lipinski definition) is 1. The molecule has 110 valence electrons. The fourth-order valence-electron chi connectivity index (χ4n) is 2.11. The Morgan fingerprint density at radius 3 is 3.00 bits per heavy atom. The smallest absolute Gasteiger partial charge is 0.166 e. The molecule has 0 radical (unpaired) electrons. The fourth-order valence-corrected chi connectivity index (χ4v) is 2.56. The van der Waals surface area contributed by atoms with Crippen molar-refractivity contribution < 1.29 is 9.47 Å². The van der Waals surface area contributed by atoms with Gasteiger partial charge in [0.1, 0.15) is 5.15 Å². The summed E-state index contributed by atoms with van der Waals surface area (Å²) in [6, 6.07) is 7.83. The lowest BCUT2D eigenvalue weighted by molar-refractivity contribution is 0.296. The van der Waals surface area contributed by atoms with Crippen LogP contribution in [0.15, 0.2) is 34.9 Å². The van der Waals surface area contributed by atoms with E-state index in [1.54, 1.807) is 6.20 Å². The van der Waals surface area contributed by atoms with Crippen molar-refractivity contribution in [2.24, 2.45) is 0 Å². The van der Waals surface area contributed by atoms with Gasteiger partial charge < -0.3 is 14.8 Å². The quantitative estimate of drug-likeness (QED) is 0.821. The van der Waals surface area contributed by atoms with Crippen molar-refractivity contribution in [1.82, 2.24) is 4.98 Å². The van der Waals surface area contributed by atoms with Crippen LogP contribution in [0.1, 0.15) is 12.0 Å². The number of aromatic nitrogens is 1. The minimum absolute atomic E-state index is 0.450. The third-order valence-electron chi connectivity index (χ3n) is 3.13. The molecule has 0 bridgehead atoms. The minimum atomic E-state index is 0.450. The van der Waals surface area contributed by atoms with Gasteiger partial charge in [-0.3, -0.25) is 0 Å². The van der Waals surface area contributed by atoms with Crippen LogP contribution < -0.4 is 14.8 Å². The van der Waals surface area contributed by atoms with Crippen molar-refractivity contribution in [3.63, 3.8) is 0 Å². The molecule has 0 unspecified atom stereocenters. The summed E-state index contributed by atoms with van der Waals surface area (Å²) in [6.45, 7) is 2.00. The fraction of sp³-hybridized carbons (Fsp3) is 0.267. The van der Waals surface area contributed by atoms with E-state index in [0.29, 0.717) is 24.9 Å². The molecule has 2 heterocycles. The van der Waals surface area contributed by atoms with Crippen LogP contribution in [-0.2, 0) is 6.54 Å². The molecule has 6 heteroatoms. The number of anilines is 1. The second-order valence-electron chi connectivity index (χ2n) is 4.65. The van der Waals surface area contributed by atoms with E-state index >= 15 is 0 Å². The molecule has 3 rings (SSSR count). The topological polar surface area (TPSA) is 43.4 Å². The molecule has 21 heavy (non-hydrogen) atoms. The Morgan fingerprint density at radius 1 is 1.29 bits per heavy atom. The van der Waals surface area contributed by atoms with Gasteiger partial charge in [0, 0.05) is 18.5 Å². The van der Waals surface area contributed by atoms with Crippen LogP contribution in [0.5, 0.6) is 11.5 Å². The Labute approximate surface area is 136 Å². The highest BCUT2D eigenvalue weighted by Crippen LogP contribution is 2.33. The molecule has 1 aliphatic rings. The van der Waals surface area contributed by atoms with E-state index in [2.05, 4.69) is 26.2 Å². The number of nitrogens with one attached hydrogen (secondary N) is 1. The zero-order valence-corrected chi connectivity index (χ0v) is 13.6. The first kappa shape index (κ1) is 14.5. The van der Waals surface area contributed by atoms with E-state index in [9.17, 15) is 0 Å². The average Bonchev–Trinajstić information content (AvgIpc) is 2.74. The third-order valence-corrected chi connectivity index (χ3v) is 4.27. The molecular weight excluding hydrogens is 356 g/mol. The number of hydrogen-bond acceptors (Lipinski definition) is 4. The summed E-state index contributed by atoms with van der Waals surface area (Å²) in [5, 5.41) is 3.76. The largest absolute Gasteiger partial charge is 0.490 e. The summed E-state index contributed by atoms with van der Waals surface area (Å²) in [7, 11) is 0. The number of benzene rings is 1. The van der Waals surface area contributed by atoms with Gasteiger partial charge in [-0.1, -0.05) is 23.7 Å². The summed E-state index contributed by atoms with van der Waals surface area (Å²) in [5.74, 6) is 1.63. The first-order valence-electron chi connectivity index (χ1n) is 6.66. The van der Waals surface area contributed by atoms with Crippen molar-refractivity contribution in [1.29, 1.82) is 0 Å². The number of halogens is 2. The van der Waals surface area contributed by atoms with Crippen molar-refractivity contribution in [3.8, 4) is 11.5 Å². The maximum Gasteiger partial charge on any atom is 0.166 e. The van der Waals surface area contributed by atoms with Gasteiger partial charge >= 0.3 is 0 Å². The standard InChI is InChI=1S/C15H14BrClN2O2/c16-12-7-11(9-19-15(12)17)18-8-10-3-1-4-13-14(10)21-6-2-5-20-13/h1,3-4,7,9,18H,2,5-6,8H2. The number of fused-ring (bicyclic) bond motifs is 1. The third kappa shape index (κ3) is 3.41. The van der Waals surface area contributed by atoms with Crippen LogP contribution in [0.2, 0.25) is 5.15 Å². The van der Waals surface area contributed by atoms with Gasteiger partial charge in [0.2, 0.25) is 0 Å². The maximum absolute atomic E-state index is 5.89. The second kappa shape index (κ2) is 6.54. The van der Waals surface area contributed by atoms with Crippen molar-refractivity contribution in [3.05, 3.63) is 45.7 Å². The van der Waals surface area contributed by atoms with E-state index in [1.165, 1.54) is 0 Å². The SMILES string of the molecule is Clc1ncc(NCc2cccc3c2OCCCO3)cc1Br. The summed E-state index contributed by atoms with van der Waals surface area (Å²) >= 11 is 9.25. The molecule has 0 fully saturated rings. The number of para-hydroxylation sites is 1. The average molecular weight is 370 g/mol. The summed E-state index contributed by atoms with van der Waals surface area (Å²) in [6.07, 6.45) is 2.60. The Hall–Kier alpha value is -1.46. The van der Waals surface area contributed by atoms with Crippen LogP contribution >= 0.6 is 27.5 Å². The van der Waals surface area contributed by atoms with Crippen molar-refractivity contribution in [2.75, 3.05) is 18.5 Å². The lowest BCUT2D eigenvalue weighted by Crippen LogP contribution is -2.04. The first-order chi connectivity index (χ1) is 10.2. The molecule has 4 nitrogen and oxygen atoms in total. The molecule has 1 aromatic carbocycles. The molecule has 0 saturated carbocycles. The first-order valence-corrected chi connectivity index (χ1v) is 7.83. The van der Waals surface area contributed by atoms with Gasteiger partial charge in [0.05, 0.1) is 29.6 Å². The highest BCUT2D eigenvalue weighted by atomic mass is 79.9. The van der Waals surface area contributed by atoms with Gasteiger partial charge in [-0.05, 0) is 28.1 Å². The van der Waals surface area contributed by atoms with Crippen LogP contribution in [0, 0.1) is 0 Å². The summed E-state index contributed by atoms with van der Waals surface area (Å²) < 4.78 is 12.3. The highest BCUT2D eigenvalue weighted by Gasteiger charge is 2.14. The predicted octanol–water partition coefficient (Wildman–Crippen LogP) is 4.27. The Bertz CT molecular complexity index is 652. The Morgan fingerprint density at radius 2 is 2.14 bits per heavy atom. The molecular formula is C15H14BrClN2O2. The molecule has 1 N–H and O–H groups in total. The molecule has 0 amide bonds. The van der Waals surface area contributed by atoms with Crippen LogP contribution in [0.25, 0.3) is 0 Å². The van der Waals surface area contributed by atoms with Crippen LogP contribution in [-0.4, -0.2) is 18.2 Å². The van der Waals surface area contributed by atoms with Crippen molar-refractivity contribution >= 4 is 33.2 Å². The number of rotatable bonds is 3. The molecule has 0 atom stereocenters. The number of pyridine rings is 1. The molecule has 0 saturated heterocycles. The van der Waals surface area contributed by atoms with Gasteiger partial charge in [-0.15, -0.1) is 0 Å². The molecule has 0 spiro atoms. The zero-order valence-electron chi connectivity index (χ0n) is 11.2. The minimum Gasteiger partial charge on any atom is -0.490 e. The number of nitrogens with zero attached hydrogens (tertiary/aromatic N) is 1. The van der Waals surface area contributed by atoms with Gasteiger partial charge in [-0.2, -0.15) is 0 Å². The normalized spacial score (nSPS) is 13.6. The van der Waals surface area contributed by atoms with E-state index in [4.69, 9.17) is 21.1 Å². The van der Waals surface area contributed by atoms with Gasteiger partial charge in [-0.25, -0.2) is 4.98 Å². The Balaban J connectivity index is 1.77. The second-order valence-corrected chi connectivity index (χ2v) is 5.86. The van der Waals surface area contributed by atoms with Crippen LogP contribution in [0.4, 0.5) is 5.69 Å². The molecule has 1 aromatic heterocycles. The van der Waals surface area contributed by atoms with Crippen molar-refractivity contribution in [2.45, 2.75) is 13.0 Å². The highest BCUT2D eigenvalue weighted by molar-refractivity contribution is 9.10. The van der Waals surface area contributed by atoms with Crippen LogP contribution in [0.3, 0.4) is 0 Å². The zero-order chi connectivity index (χ0) is 14.7. The van der Waals surface area contributed by atoms with E-state index < -0.39 is 0 Å². The lowest BCUT2D eigenvalue weighted by atomic mass is 10.2. The molecule has 1 aliphatic heterocycles.